The molecule has 0 amide bonds. The third-order valence-electron chi connectivity index (χ3n) is 2.74. The van der Waals surface area contributed by atoms with Gasteiger partial charge in [0.05, 0.1) is 5.69 Å². The molecule has 0 aliphatic heterocycles. The monoisotopic (exact) mass is 203 g/mol. The van der Waals surface area contributed by atoms with Crippen LogP contribution in [-0.4, -0.2) is 5.71 Å². The van der Waals surface area contributed by atoms with Gasteiger partial charge in [0, 0.05) is 5.71 Å². The molecule has 0 saturated heterocycles. The van der Waals surface area contributed by atoms with Crippen LogP contribution in [-0.2, 0) is 0 Å². The number of benzene rings is 1. The highest BCUT2D eigenvalue weighted by Crippen LogP contribution is 2.24. The minimum absolute atomic E-state index is 0.149. The van der Waals surface area contributed by atoms with Gasteiger partial charge in [0.1, 0.15) is 0 Å². The fourth-order valence-corrected chi connectivity index (χ4v) is 1.19. The number of aryl methyl sites for hydroxylation is 2. The lowest BCUT2D eigenvalue weighted by atomic mass is 9.91. The lowest BCUT2D eigenvalue weighted by Crippen LogP contribution is -2.16. The molecule has 0 saturated carbocycles. The second kappa shape index (κ2) is 4.18. The first kappa shape index (κ1) is 12.0. The van der Waals surface area contributed by atoms with Gasteiger partial charge in [-0.05, 0) is 43.4 Å². The summed E-state index contributed by atoms with van der Waals surface area (Å²) in [6.07, 6.45) is 0. The minimum Gasteiger partial charge on any atom is -0.257 e. The van der Waals surface area contributed by atoms with Gasteiger partial charge in [-0.25, -0.2) is 0 Å². The van der Waals surface area contributed by atoms with E-state index in [1.165, 1.54) is 16.8 Å². The molecule has 0 aliphatic carbocycles. The van der Waals surface area contributed by atoms with Crippen molar-refractivity contribution in [3.63, 3.8) is 0 Å². The quantitative estimate of drug-likeness (QED) is 0.598. The van der Waals surface area contributed by atoms with Gasteiger partial charge in [-0.2, -0.15) is 0 Å². The van der Waals surface area contributed by atoms with E-state index in [1.807, 2.05) is 0 Å². The van der Waals surface area contributed by atoms with Crippen molar-refractivity contribution in [2.45, 2.75) is 41.5 Å². The first-order valence-electron chi connectivity index (χ1n) is 5.44. The Morgan fingerprint density at radius 2 is 1.73 bits per heavy atom. The predicted molar refractivity (Wildman–Crippen MR) is 68.1 cm³/mol. The van der Waals surface area contributed by atoms with Gasteiger partial charge < -0.3 is 0 Å². The molecule has 1 nitrogen and oxygen atoms in total. The molecule has 0 radical (unpaired) electrons. The predicted octanol–water partition coefficient (Wildman–Crippen LogP) is 4.44. The van der Waals surface area contributed by atoms with E-state index < -0.39 is 0 Å². The molecule has 0 spiro atoms. The summed E-state index contributed by atoms with van der Waals surface area (Å²) in [6, 6.07) is 6.40. The van der Waals surface area contributed by atoms with Crippen molar-refractivity contribution < 1.29 is 0 Å². The van der Waals surface area contributed by atoms with Crippen LogP contribution in [0.2, 0.25) is 0 Å². The van der Waals surface area contributed by atoms with Gasteiger partial charge >= 0.3 is 0 Å². The normalized spacial score (nSPS) is 13.1. The molecule has 1 aromatic carbocycles. The molecule has 0 aromatic heterocycles. The molecular formula is C14H21N. The van der Waals surface area contributed by atoms with Crippen molar-refractivity contribution in [2.24, 2.45) is 10.4 Å². The zero-order valence-electron chi connectivity index (χ0n) is 10.7. The summed E-state index contributed by atoms with van der Waals surface area (Å²) in [5, 5.41) is 0. The third kappa shape index (κ3) is 3.19. The number of hydrogen-bond acceptors (Lipinski definition) is 1. The van der Waals surface area contributed by atoms with Crippen molar-refractivity contribution in [3.8, 4) is 0 Å². The molecule has 0 fully saturated rings. The Kier molecular flexibility index (Phi) is 3.33. The van der Waals surface area contributed by atoms with E-state index in [0.29, 0.717) is 0 Å². The van der Waals surface area contributed by atoms with Crippen molar-refractivity contribution in [3.05, 3.63) is 29.3 Å². The van der Waals surface area contributed by atoms with E-state index in [-0.39, 0.29) is 5.41 Å². The van der Waals surface area contributed by atoms with E-state index >= 15 is 0 Å². The Morgan fingerprint density at radius 3 is 2.27 bits per heavy atom. The number of rotatable bonds is 1. The Hall–Kier alpha value is -1.11. The maximum Gasteiger partial charge on any atom is 0.0660 e. The van der Waals surface area contributed by atoms with Crippen LogP contribution in [0.4, 0.5) is 5.69 Å². The van der Waals surface area contributed by atoms with Crippen LogP contribution in [0.3, 0.4) is 0 Å². The van der Waals surface area contributed by atoms with Crippen LogP contribution in [0.1, 0.15) is 38.8 Å². The van der Waals surface area contributed by atoms with E-state index in [1.54, 1.807) is 0 Å². The fourth-order valence-electron chi connectivity index (χ4n) is 1.19. The lowest BCUT2D eigenvalue weighted by Gasteiger charge is -2.18. The third-order valence-corrected chi connectivity index (χ3v) is 2.74. The Bertz CT molecular complexity index is 381. The minimum atomic E-state index is 0.149. The molecule has 0 N–H and O–H groups in total. The van der Waals surface area contributed by atoms with Crippen LogP contribution in [0.15, 0.2) is 23.2 Å². The number of hydrogen-bond donors (Lipinski definition) is 0. The summed E-state index contributed by atoms with van der Waals surface area (Å²) in [4.78, 5) is 4.71. The van der Waals surface area contributed by atoms with Gasteiger partial charge in [0.15, 0.2) is 0 Å². The number of nitrogens with zero attached hydrogens (tertiary/aromatic N) is 1. The van der Waals surface area contributed by atoms with Crippen molar-refractivity contribution in [1.82, 2.24) is 0 Å². The van der Waals surface area contributed by atoms with Gasteiger partial charge in [-0.1, -0.05) is 32.9 Å². The molecule has 15 heavy (non-hydrogen) atoms. The second-order valence-electron chi connectivity index (χ2n) is 5.24. The molecule has 0 atom stereocenters. The fraction of sp³-hybridized carbons (Fsp3) is 0.500. The molecule has 0 bridgehead atoms. The Morgan fingerprint density at radius 1 is 1.13 bits per heavy atom. The van der Waals surface area contributed by atoms with Crippen LogP contribution in [0.25, 0.3) is 0 Å². The lowest BCUT2D eigenvalue weighted by molar-refractivity contribution is 0.588. The molecular weight excluding hydrogens is 182 g/mol. The summed E-state index contributed by atoms with van der Waals surface area (Å²) in [7, 11) is 0. The molecule has 1 heteroatoms. The van der Waals surface area contributed by atoms with E-state index in [4.69, 9.17) is 4.99 Å². The van der Waals surface area contributed by atoms with Gasteiger partial charge in [-0.3, -0.25) is 4.99 Å². The first-order valence-corrected chi connectivity index (χ1v) is 5.44. The van der Waals surface area contributed by atoms with Crippen LogP contribution < -0.4 is 0 Å². The Labute approximate surface area is 93.2 Å². The molecule has 82 valence electrons. The van der Waals surface area contributed by atoms with Crippen LogP contribution in [0, 0.1) is 19.3 Å². The molecule has 0 aliphatic rings. The summed E-state index contributed by atoms with van der Waals surface area (Å²) in [5.41, 5.74) is 4.93. The maximum atomic E-state index is 4.71. The highest BCUT2D eigenvalue weighted by Gasteiger charge is 2.14. The van der Waals surface area contributed by atoms with Crippen LogP contribution in [0.5, 0.6) is 0 Å². The van der Waals surface area contributed by atoms with Crippen LogP contribution >= 0.6 is 0 Å². The zero-order chi connectivity index (χ0) is 11.6. The smallest absolute Gasteiger partial charge is 0.0660 e. The van der Waals surface area contributed by atoms with Crippen molar-refractivity contribution >= 4 is 11.4 Å². The summed E-state index contributed by atoms with van der Waals surface area (Å²) in [6.45, 7) is 12.9. The summed E-state index contributed by atoms with van der Waals surface area (Å²) in [5.74, 6) is 0. The largest absolute Gasteiger partial charge is 0.257 e. The van der Waals surface area contributed by atoms with E-state index in [0.717, 1.165) is 5.69 Å². The molecule has 0 heterocycles. The summed E-state index contributed by atoms with van der Waals surface area (Å²) < 4.78 is 0. The van der Waals surface area contributed by atoms with Gasteiger partial charge in [0.2, 0.25) is 0 Å². The van der Waals surface area contributed by atoms with Gasteiger partial charge in [0.25, 0.3) is 0 Å². The summed E-state index contributed by atoms with van der Waals surface area (Å²) >= 11 is 0. The van der Waals surface area contributed by atoms with Gasteiger partial charge in [-0.15, -0.1) is 0 Å². The molecule has 0 unspecified atom stereocenters. The topological polar surface area (TPSA) is 12.4 Å². The van der Waals surface area contributed by atoms with E-state index in [9.17, 15) is 0 Å². The first-order chi connectivity index (χ1) is 6.80. The maximum absolute atomic E-state index is 4.71. The standard InChI is InChI=1S/C14H21N/c1-10-7-8-11(2)13(9-10)15-12(3)14(4,5)6/h7-9H,1-6H3. The van der Waals surface area contributed by atoms with Crippen molar-refractivity contribution in [2.75, 3.05) is 0 Å². The second-order valence-corrected chi connectivity index (χ2v) is 5.24. The highest BCUT2D eigenvalue weighted by atomic mass is 14.8. The van der Waals surface area contributed by atoms with E-state index in [2.05, 4.69) is 59.7 Å². The highest BCUT2D eigenvalue weighted by molar-refractivity contribution is 5.89. The molecule has 1 aromatic rings. The molecule has 1 rings (SSSR count). The number of aliphatic imine (C=N–C) groups is 1. The SMILES string of the molecule is CC(=Nc1cc(C)ccc1C)C(C)(C)C. The average Bonchev–Trinajstić information content (AvgIpc) is 2.09. The Balaban J connectivity index is 3.13. The zero-order valence-corrected chi connectivity index (χ0v) is 10.7. The van der Waals surface area contributed by atoms with Crippen molar-refractivity contribution in [1.29, 1.82) is 0 Å². The average molecular weight is 203 g/mol.